The molecule has 4 rings (SSSR count). The Morgan fingerprint density at radius 2 is 1.61 bits per heavy atom. The van der Waals surface area contributed by atoms with Gasteiger partial charge in [0.1, 0.15) is 30.1 Å². The van der Waals surface area contributed by atoms with Gasteiger partial charge in [-0.05, 0) is 114 Å². The maximum absolute atomic E-state index is 14.3. The molecule has 64 heavy (non-hydrogen) atoms. The normalized spacial score (nSPS) is 40.1. The number of Topliss-reactive ketones (excluding diaryl/α,β-unsaturated/α-hetero) is 3. The summed E-state index contributed by atoms with van der Waals surface area (Å²) in [5.41, 5.74) is 0.393. The number of fused-ring (bicyclic) bond motifs is 3. The van der Waals surface area contributed by atoms with Crippen LogP contribution in [0, 0.1) is 35.5 Å². The van der Waals surface area contributed by atoms with Gasteiger partial charge in [0.25, 0.3) is 11.7 Å². The third-order valence-corrected chi connectivity index (χ3v) is 14.4. The number of ketones is 3. The van der Waals surface area contributed by atoms with E-state index >= 15 is 0 Å². The second-order valence-corrected chi connectivity index (χ2v) is 19.4. The van der Waals surface area contributed by atoms with Gasteiger partial charge in [-0.15, -0.1) is 0 Å². The van der Waals surface area contributed by atoms with Crippen molar-refractivity contribution in [1.82, 2.24) is 4.90 Å². The summed E-state index contributed by atoms with van der Waals surface area (Å²) < 4.78 is 29.3. The Hall–Kier alpha value is -3.11. The van der Waals surface area contributed by atoms with Crippen molar-refractivity contribution in [2.24, 2.45) is 35.5 Å². The maximum atomic E-state index is 14.3. The molecule has 0 radical (unpaired) electrons. The molecule has 0 aromatic heterocycles. The molecule has 2 bridgehead atoms. The zero-order valence-corrected chi connectivity index (χ0v) is 39.9. The van der Waals surface area contributed by atoms with Crippen molar-refractivity contribution < 1.29 is 63.0 Å². The van der Waals surface area contributed by atoms with Gasteiger partial charge in [-0.3, -0.25) is 19.2 Å². The molecular weight excluding hydrogens is 823 g/mol. The van der Waals surface area contributed by atoms with Gasteiger partial charge in [-0.2, -0.15) is 0 Å². The lowest BCUT2D eigenvalue weighted by Gasteiger charge is -2.42. The quantitative estimate of drug-likeness (QED) is 0.159. The second kappa shape index (κ2) is 25.1. The second-order valence-electron chi connectivity index (χ2n) is 19.4. The Morgan fingerprint density at radius 3 is 2.30 bits per heavy atom. The van der Waals surface area contributed by atoms with Gasteiger partial charge in [0.15, 0.2) is 5.78 Å². The number of ether oxygens (including phenoxy) is 5. The number of esters is 1. The van der Waals surface area contributed by atoms with Crippen molar-refractivity contribution in [1.29, 1.82) is 0 Å². The fourth-order valence-electron chi connectivity index (χ4n) is 10.1. The van der Waals surface area contributed by atoms with E-state index in [1.54, 1.807) is 41.1 Å². The molecule has 0 spiro atoms. The molecule has 0 unspecified atom stereocenters. The first-order valence-corrected chi connectivity index (χ1v) is 23.8. The first kappa shape index (κ1) is 53.5. The van der Waals surface area contributed by atoms with Crippen molar-refractivity contribution in [3.63, 3.8) is 0 Å². The number of nitrogens with zero attached hydrogens (tertiary/aromatic N) is 1. The summed E-state index contributed by atoms with van der Waals surface area (Å²) in [7, 11) is 4.56. The highest BCUT2D eigenvalue weighted by molar-refractivity contribution is 6.39. The number of cyclic esters (lactones) is 1. The smallest absolute Gasteiger partial charge is 0.329 e. The number of rotatable bonds is 6. The Balaban J connectivity index is 1.67. The molecule has 3 aliphatic heterocycles. The Bertz CT molecular complexity index is 1660. The van der Waals surface area contributed by atoms with Crippen LogP contribution in [0.2, 0.25) is 0 Å². The van der Waals surface area contributed by atoms with Crippen LogP contribution in [0.5, 0.6) is 0 Å². The lowest BCUT2D eigenvalue weighted by molar-refractivity contribution is -0.266. The predicted molar refractivity (Wildman–Crippen MR) is 241 cm³/mol. The van der Waals surface area contributed by atoms with Crippen molar-refractivity contribution in [3.8, 4) is 0 Å². The summed E-state index contributed by atoms with van der Waals surface area (Å²) in [6.07, 6.45) is 11.4. The van der Waals surface area contributed by atoms with Gasteiger partial charge in [0, 0.05) is 52.0 Å². The Morgan fingerprint density at radius 1 is 0.875 bits per heavy atom. The van der Waals surface area contributed by atoms with Crippen LogP contribution in [0.25, 0.3) is 0 Å². The summed E-state index contributed by atoms with van der Waals surface area (Å²) in [6.45, 7) is 10.9. The van der Waals surface area contributed by atoms with Gasteiger partial charge < -0.3 is 43.9 Å². The van der Waals surface area contributed by atoms with Crippen LogP contribution in [-0.4, -0.2) is 132 Å². The van der Waals surface area contributed by atoms with Gasteiger partial charge >= 0.3 is 5.97 Å². The highest BCUT2D eigenvalue weighted by Gasteiger charge is 2.53. The molecule has 14 heteroatoms. The number of carbonyl (C=O) groups is 5. The van der Waals surface area contributed by atoms with Crippen LogP contribution in [0.15, 0.2) is 36.0 Å². The fraction of sp³-hybridized carbons (Fsp3) is 0.780. The first-order valence-electron chi connectivity index (χ1n) is 23.8. The minimum absolute atomic E-state index is 0.0470. The van der Waals surface area contributed by atoms with E-state index in [1.807, 2.05) is 45.1 Å². The topological polar surface area (TPSA) is 195 Å². The molecule has 0 aromatic carbocycles. The molecule has 362 valence electrons. The van der Waals surface area contributed by atoms with Gasteiger partial charge in [0.2, 0.25) is 5.79 Å². The van der Waals surface area contributed by atoms with Crippen LogP contribution in [0.3, 0.4) is 0 Å². The monoisotopic (exact) mass is 902 g/mol. The summed E-state index contributed by atoms with van der Waals surface area (Å²) in [5, 5.41) is 33.8. The summed E-state index contributed by atoms with van der Waals surface area (Å²) in [4.78, 5) is 71.6. The number of aliphatic hydroxyl groups excluding tert-OH is 2. The lowest BCUT2D eigenvalue weighted by Crippen LogP contribution is -2.61. The number of aliphatic hydroxyl groups is 3. The number of hydrogen-bond donors (Lipinski definition) is 3. The van der Waals surface area contributed by atoms with Crippen LogP contribution in [-0.2, 0) is 47.7 Å². The summed E-state index contributed by atoms with van der Waals surface area (Å²) >= 11 is 0. The standard InChI is InChI=1S/C50H79NO13/c1-30-16-12-10-11-13-17-37(60-7)28-38-21-19-35(6)50(59,64-38)47(56)48(57)51-23-15-14-18-39(51)49(58)63-42(32(3)26-36-20-22-40(52)43(27-36)61-8)29-41(53)31(2)25-34(5)45(55)46(62-9)44(54)33(4)24-30/h10-12,16,25,30-33,35-40,42-43,45-46,52,55,59H,13-15,17-24,26-29H2,1-9H3/b11-10+,16-12+,34-25-/t30-,31-,32-,33-,35-,36-,37-,38+,39+,40-,42+,43-,45-,46+,50-/m1/s1. The van der Waals surface area contributed by atoms with Crippen molar-refractivity contribution >= 4 is 29.2 Å². The average molecular weight is 902 g/mol. The van der Waals surface area contributed by atoms with Crippen LogP contribution in [0.4, 0.5) is 0 Å². The van der Waals surface area contributed by atoms with E-state index in [2.05, 4.69) is 0 Å². The Kier molecular flexibility index (Phi) is 21.0. The molecule has 3 N–H and O–H groups in total. The predicted octanol–water partition coefficient (Wildman–Crippen LogP) is 6.01. The number of methoxy groups -OCH3 is 3. The molecule has 1 saturated carbocycles. The zero-order chi connectivity index (χ0) is 47.3. The highest BCUT2D eigenvalue weighted by atomic mass is 16.6. The van der Waals surface area contributed by atoms with Gasteiger partial charge in [0.05, 0.1) is 24.4 Å². The molecule has 4 aliphatic rings. The lowest BCUT2D eigenvalue weighted by atomic mass is 9.78. The van der Waals surface area contributed by atoms with Crippen LogP contribution < -0.4 is 0 Å². The molecule has 2 saturated heterocycles. The van der Waals surface area contributed by atoms with Gasteiger partial charge in [-0.1, -0.05) is 65.0 Å². The van der Waals surface area contributed by atoms with E-state index in [4.69, 9.17) is 23.7 Å². The first-order chi connectivity index (χ1) is 30.3. The number of allylic oxidation sites excluding steroid dienone is 5. The molecule has 3 heterocycles. The minimum Gasteiger partial charge on any atom is -0.460 e. The SMILES string of the molecule is CO[C@@H]1CC/C=C/C=C/[C@@H](C)C[C@@H](C)C(=O)[C@H](OC)[C@H](O)/C(C)=C\[C@@H](C)C(=O)C[C@@H]([C@H](C)C[C@H]2CC[C@@H](O)[C@H](OC)C2)OC(=O)[C@@H]2CCCCN2C(=O)C(=O)[C@]2(O)O[C@@H](CC[C@H]2C)C1. The van der Waals surface area contributed by atoms with Crippen molar-refractivity contribution in [2.45, 2.75) is 186 Å². The zero-order valence-electron chi connectivity index (χ0n) is 39.9. The number of amides is 1. The molecule has 15 atom stereocenters. The van der Waals surface area contributed by atoms with Crippen molar-refractivity contribution in [2.75, 3.05) is 27.9 Å². The summed E-state index contributed by atoms with van der Waals surface area (Å²) in [5.74, 6) is -7.80. The molecular formula is C50H79NO13. The van der Waals surface area contributed by atoms with E-state index in [1.165, 1.54) is 12.0 Å². The number of carbonyl (C=O) groups excluding carboxylic acids is 5. The third kappa shape index (κ3) is 14.2. The average Bonchev–Trinajstić information content (AvgIpc) is 3.27. The van der Waals surface area contributed by atoms with E-state index in [9.17, 15) is 39.3 Å². The van der Waals surface area contributed by atoms with E-state index in [0.717, 1.165) is 6.42 Å². The fourth-order valence-corrected chi connectivity index (χ4v) is 10.1. The molecule has 1 aliphatic carbocycles. The molecule has 3 fully saturated rings. The molecule has 14 nitrogen and oxygen atoms in total. The number of piperidine rings is 1. The van der Waals surface area contributed by atoms with E-state index in [0.29, 0.717) is 76.2 Å². The molecule has 0 aromatic rings. The van der Waals surface area contributed by atoms with E-state index in [-0.39, 0.29) is 60.9 Å². The van der Waals surface area contributed by atoms with E-state index < -0.39 is 77.8 Å². The van der Waals surface area contributed by atoms with Gasteiger partial charge in [-0.25, -0.2) is 4.79 Å². The maximum Gasteiger partial charge on any atom is 0.329 e. The summed E-state index contributed by atoms with van der Waals surface area (Å²) in [6, 6.07) is -1.13. The van der Waals surface area contributed by atoms with Crippen molar-refractivity contribution in [3.05, 3.63) is 36.0 Å². The third-order valence-electron chi connectivity index (χ3n) is 14.4. The number of hydrogen-bond acceptors (Lipinski definition) is 13. The largest absolute Gasteiger partial charge is 0.460 e. The highest BCUT2D eigenvalue weighted by Crippen LogP contribution is 2.37. The Labute approximate surface area is 381 Å². The molecule has 1 amide bonds. The minimum atomic E-state index is -2.40. The van der Waals surface area contributed by atoms with Crippen LogP contribution >= 0.6 is 0 Å². The van der Waals surface area contributed by atoms with Crippen LogP contribution in [0.1, 0.15) is 131 Å².